The first-order chi connectivity index (χ1) is 18.1. The van der Waals surface area contributed by atoms with E-state index in [1.807, 2.05) is 0 Å². The smallest absolute Gasteiger partial charge is 0.338 e. The molecule has 0 fully saturated rings. The Bertz CT molecular complexity index is 1080. The Hall–Kier alpha value is -4.64. The number of hydrogen-bond acceptors (Lipinski definition) is 10. The van der Waals surface area contributed by atoms with Crippen molar-refractivity contribution in [2.75, 3.05) is 26.4 Å². The van der Waals surface area contributed by atoms with Crippen LogP contribution in [0, 0.1) is 0 Å². The molecule has 0 bridgehead atoms. The molecule has 2 rings (SSSR count). The molecule has 13 heteroatoms. The Kier molecular flexibility index (Phi) is 16.4. The summed E-state index contributed by atoms with van der Waals surface area (Å²) in [6.45, 7) is 6.13. The first-order valence-electron chi connectivity index (χ1n) is 10.7. The number of carboxylic acid groups (broad SMARTS) is 2. The Morgan fingerprint density at radius 3 is 1.05 bits per heavy atom. The minimum atomic E-state index is -1.07. The van der Waals surface area contributed by atoms with Crippen molar-refractivity contribution in [1.29, 1.82) is 0 Å². The molecule has 0 heterocycles. The molecule has 0 radical (unpaired) electrons. The van der Waals surface area contributed by atoms with Crippen LogP contribution in [0.4, 0.5) is 0 Å². The van der Waals surface area contributed by atoms with Gasteiger partial charge in [0, 0.05) is 31.6 Å². The fourth-order valence-corrected chi connectivity index (χ4v) is 2.34. The van der Waals surface area contributed by atoms with Crippen LogP contribution < -0.4 is 0 Å². The molecule has 0 spiro atoms. The van der Waals surface area contributed by atoms with E-state index in [4.69, 9.17) is 19.7 Å². The molecule has 39 heavy (non-hydrogen) atoms. The topological polar surface area (TPSA) is 180 Å². The number of hydrogen-bond donors (Lipinski definition) is 2. The van der Waals surface area contributed by atoms with Crippen molar-refractivity contribution in [3.05, 3.63) is 96.1 Å². The third-order valence-corrected chi connectivity index (χ3v) is 4.19. The van der Waals surface area contributed by atoms with Crippen molar-refractivity contribution in [3.8, 4) is 0 Å². The van der Waals surface area contributed by atoms with Crippen LogP contribution in [-0.2, 0) is 48.0 Å². The first-order valence-corrected chi connectivity index (χ1v) is 10.7. The van der Waals surface area contributed by atoms with Gasteiger partial charge < -0.3 is 29.2 Å². The van der Waals surface area contributed by atoms with E-state index < -0.39 is 35.8 Å². The number of carboxylic acids is 2. The number of aromatic carboxylic acids is 2. The quantitative estimate of drug-likeness (QED) is 0.121. The summed E-state index contributed by atoms with van der Waals surface area (Å²) >= 11 is 0. The van der Waals surface area contributed by atoms with Crippen LogP contribution in [-0.4, -0.2) is 72.5 Å². The number of carbonyl (C=O) groups excluding carboxylic acids is 4. The molecule has 0 saturated carbocycles. The molecule has 0 atom stereocenters. The van der Waals surface area contributed by atoms with Crippen LogP contribution in [0.1, 0.15) is 41.4 Å². The van der Waals surface area contributed by atoms with Crippen LogP contribution in [0.2, 0.25) is 0 Å². The number of esters is 4. The maximum Gasteiger partial charge on any atom is 0.338 e. The van der Waals surface area contributed by atoms with Gasteiger partial charge in [0.2, 0.25) is 0 Å². The Morgan fingerprint density at radius 1 is 0.538 bits per heavy atom. The molecule has 0 aliphatic heterocycles. The van der Waals surface area contributed by atoms with Gasteiger partial charge in [-0.1, -0.05) is 13.2 Å². The normalized spacial score (nSPS) is 9.23. The predicted molar refractivity (Wildman–Crippen MR) is 130 cm³/mol. The zero-order chi connectivity index (χ0) is 28.5. The number of rotatable bonds is 12. The Morgan fingerprint density at radius 2 is 0.795 bits per heavy atom. The standard InChI is InChI=1S/2C13H12O6.Zn/c2*1-2-11(14)18-7-8-19-13(17)10-5-3-9(4-6-10)12(15)16;/h2*2-6H,1,7-8H2,(H,15,16);. The second kappa shape index (κ2) is 18.6. The van der Waals surface area contributed by atoms with Crippen LogP contribution in [0.15, 0.2) is 73.8 Å². The van der Waals surface area contributed by atoms with E-state index in [0.717, 1.165) is 12.2 Å². The maximum atomic E-state index is 11.5. The molecule has 12 nitrogen and oxygen atoms in total. The van der Waals surface area contributed by atoms with Gasteiger partial charge in [-0.2, -0.15) is 0 Å². The molecule has 0 amide bonds. The van der Waals surface area contributed by atoms with Gasteiger partial charge in [-0.15, -0.1) is 0 Å². The second-order valence-corrected chi connectivity index (χ2v) is 6.78. The third kappa shape index (κ3) is 13.5. The Labute approximate surface area is 235 Å². The van der Waals surface area contributed by atoms with Crippen molar-refractivity contribution < 1.29 is 77.4 Å². The summed E-state index contributed by atoms with van der Waals surface area (Å²) in [7, 11) is 0. The Balaban J connectivity index is 0.000000722. The van der Waals surface area contributed by atoms with Gasteiger partial charge in [0.05, 0.1) is 22.3 Å². The average molecular weight is 594 g/mol. The molecule has 2 aromatic carbocycles. The van der Waals surface area contributed by atoms with Crippen molar-refractivity contribution in [1.82, 2.24) is 0 Å². The van der Waals surface area contributed by atoms with E-state index >= 15 is 0 Å². The fraction of sp³-hybridized carbons (Fsp3) is 0.154. The van der Waals surface area contributed by atoms with E-state index in [2.05, 4.69) is 22.6 Å². The van der Waals surface area contributed by atoms with Gasteiger partial charge in [-0.3, -0.25) is 0 Å². The van der Waals surface area contributed by atoms with Crippen molar-refractivity contribution in [2.24, 2.45) is 0 Å². The van der Waals surface area contributed by atoms with Gasteiger partial charge >= 0.3 is 35.8 Å². The summed E-state index contributed by atoms with van der Waals surface area (Å²) in [6, 6.07) is 10.6. The molecule has 0 aliphatic carbocycles. The average Bonchev–Trinajstić information content (AvgIpc) is 2.93. The van der Waals surface area contributed by atoms with Crippen LogP contribution >= 0.6 is 0 Å². The van der Waals surface area contributed by atoms with Gasteiger partial charge in [-0.25, -0.2) is 28.8 Å². The van der Waals surface area contributed by atoms with Crippen molar-refractivity contribution in [3.63, 3.8) is 0 Å². The van der Waals surface area contributed by atoms with Crippen molar-refractivity contribution >= 4 is 35.8 Å². The van der Waals surface area contributed by atoms with Gasteiger partial charge in [0.15, 0.2) is 0 Å². The summed E-state index contributed by atoms with van der Waals surface area (Å²) in [5.74, 6) is -4.57. The SMILES string of the molecule is C=CC(=O)OCCOC(=O)c1ccc(C(=O)O)cc1.C=CC(=O)OCCOC(=O)c1ccc(C(=O)O)cc1.[Zn]. The molecule has 2 aromatic rings. The summed E-state index contributed by atoms with van der Waals surface area (Å²) in [5, 5.41) is 17.4. The van der Waals surface area contributed by atoms with Gasteiger partial charge in [0.1, 0.15) is 26.4 Å². The van der Waals surface area contributed by atoms with E-state index in [1.54, 1.807) is 0 Å². The van der Waals surface area contributed by atoms with Crippen LogP contribution in [0.25, 0.3) is 0 Å². The second-order valence-electron chi connectivity index (χ2n) is 6.78. The predicted octanol–water partition coefficient (Wildman–Crippen LogP) is 2.54. The monoisotopic (exact) mass is 592 g/mol. The summed E-state index contributed by atoms with van der Waals surface area (Å²) in [4.78, 5) is 65.6. The maximum absolute atomic E-state index is 11.5. The van der Waals surface area contributed by atoms with E-state index in [9.17, 15) is 28.8 Å². The zero-order valence-electron chi connectivity index (χ0n) is 20.7. The minimum absolute atomic E-state index is 0. The largest absolute Gasteiger partial charge is 0.478 e. The number of carbonyl (C=O) groups is 6. The van der Waals surface area contributed by atoms with Crippen molar-refractivity contribution in [2.45, 2.75) is 0 Å². The van der Waals surface area contributed by atoms with Crippen LogP contribution in [0.5, 0.6) is 0 Å². The summed E-state index contributed by atoms with van der Waals surface area (Å²) in [5.41, 5.74) is 0.605. The van der Waals surface area contributed by atoms with E-state index in [0.29, 0.717) is 0 Å². The molecular weight excluding hydrogens is 570 g/mol. The third-order valence-electron chi connectivity index (χ3n) is 4.19. The molecule has 0 aliphatic rings. The summed E-state index contributed by atoms with van der Waals surface area (Å²) in [6.07, 6.45) is 2.01. The molecular formula is C26H24O12Zn. The van der Waals surface area contributed by atoms with Gasteiger partial charge in [-0.05, 0) is 48.5 Å². The minimum Gasteiger partial charge on any atom is -0.478 e. The van der Waals surface area contributed by atoms with E-state index in [-0.39, 0.29) is 68.2 Å². The van der Waals surface area contributed by atoms with Gasteiger partial charge in [0.25, 0.3) is 0 Å². The summed E-state index contributed by atoms with van der Waals surface area (Å²) < 4.78 is 18.9. The van der Waals surface area contributed by atoms with E-state index in [1.165, 1.54) is 48.5 Å². The van der Waals surface area contributed by atoms with Crippen LogP contribution in [0.3, 0.4) is 0 Å². The molecule has 202 valence electrons. The molecule has 2 N–H and O–H groups in total. The number of ether oxygens (including phenoxy) is 4. The molecule has 0 unspecified atom stereocenters. The number of benzene rings is 2. The molecule has 0 aromatic heterocycles. The zero-order valence-corrected chi connectivity index (χ0v) is 23.7. The first kappa shape index (κ1) is 34.4. The fourth-order valence-electron chi connectivity index (χ4n) is 2.34. The molecule has 0 saturated heterocycles.